The van der Waals surface area contributed by atoms with Gasteiger partial charge in [0, 0.05) is 5.69 Å². The second-order valence-electron chi connectivity index (χ2n) is 3.96. The third-order valence-corrected chi connectivity index (χ3v) is 4.69. The molecule has 0 aromatic heterocycles. The summed E-state index contributed by atoms with van der Waals surface area (Å²) in [5.41, 5.74) is 3.03. The predicted molar refractivity (Wildman–Crippen MR) is 84.2 cm³/mol. The maximum absolute atomic E-state index is 12.1. The molecule has 0 bridgehead atoms. The largest absolute Gasteiger partial charge is 0.321 e. The first-order valence-corrected chi connectivity index (χ1v) is 8.09. The van der Waals surface area contributed by atoms with E-state index in [1.54, 1.807) is 0 Å². The van der Waals surface area contributed by atoms with Gasteiger partial charge in [0.1, 0.15) is 11.6 Å². The summed E-state index contributed by atoms with van der Waals surface area (Å²) >= 11 is 2.81. The Morgan fingerprint density at radius 1 is 1.26 bits per heavy atom. The molecule has 19 heavy (non-hydrogen) atoms. The number of thioether (sulfide) groups is 2. The Balaban J connectivity index is 3.02. The zero-order chi connectivity index (χ0) is 14.4. The van der Waals surface area contributed by atoms with Crippen LogP contribution >= 0.6 is 23.5 Å². The van der Waals surface area contributed by atoms with Crippen molar-refractivity contribution in [2.45, 2.75) is 13.8 Å². The number of rotatable bonds is 4. The van der Waals surface area contributed by atoms with E-state index >= 15 is 0 Å². The summed E-state index contributed by atoms with van der Waals surface area (Å²) in [5, 5.41) is 11.9. The van der Waals surface area contributed by atoms with Gasteiger partial charge in [-0.2, -0.15) is 5.26 Å². The number of nitrogens with zero attached hydrogens (tertiary/aromatic N) is 1. The number of nitriles is 1. The van der Waals surface area contributed by atoms with Crippen LogP contribution in [0.25, 0.3) is 0 Å². The molecule has 1 aromatic carbocycles. The highest BCUT2D eigenvalue weighted by molar-refractivity contribution is 8.21. The van der Waals surface area contributed by atoms with Crippen LogP contribution < -0.4 is 5.32 Å². The van der Waals surface area contributed by atoms with E-state index < -0.39 is 0 Å². The van der Waals surface area contributed by atoms with Crippen molar-refractivity contribution in [3.05, 3.63) is 39.1 Å². The Labute approximate surface area is 122 Å². The normalized spacial score (nSPS) is 9.63. The standard InChI is InChI=1S/C14H16N2OS2/c1-9-5-6-12(10(2)7-9)16-13(17)11(8-15)14(18-3)19-4/h5-7H,1-4H3,(H,16,17). The Hall–Kier alpha value is -1.38. The van der Waals surface area contributed by atoms with Gasteiger partial charge >= 0.3 is 0 Å². The van der Waals surface area contributed by atoms with Crippen LogP contribution in [0.15, 0.2) is 28.0 Å². The Bertz CT molecular complexity index is 553. The van der Waals surface area contributed by atoms with Gasteiger partial charge in [-0.25, -0.2) is 0 Å². The highest BCUT2D eigenvalue weighted by Crippen LogP contribution is 2.28. The van der Waals surface area contributed by atoms with Crippen molar-refractivity contribution in [1.29, 1.82) is 5.26 Å². The first-order chi connectivity index (χ1) is 9.03. The molecule has 0 atom stereocenters. The number of hydrogen-bond acceptors (Lipinski definition) is 4. The zero-order valence-corrected chi connectivity index (χ0v) is 13.0. The van der Waals surface area contributed by atoms with Crippen molar-refractivity contribution < 1.29 is 4.79 Å². The number of hydrogen-bond donors (Lipinski definition) is 1. The first-order valence-electron chi connectivity index (χ1n) is 5.64. The molecule has 100 valence electrons. The number of carbonyl (C=O) groups excluding carboxylic acids is 1. The molecule has 0 unspecified atom stereocenters. The summed E-state index contributed by atoms with van der Waals surface area (Å²) in [4.78, 5) is 12.1. The molecule has 0 aliphatic carbocycles. The number of anilines is 1. The number of amides is 1. The fraction of sp³-hybridized carbons (Fsp3) is 0.286. The van der Waals surface area contributed by atoms with Gasteiger partial charge in [-0.05, 0) is 38.0 Å². The number of carbonyl (C=O) groups is 1. The van der Waals surface area contributed by atoms with Crippen molar-refractivity contribution in [3.8, 4) is 6.07 Å². The fourth-order valence-corrected chi connectivity index (χ4v) is 2.97. The lowest BCUT2D eigenvalue weighted by molar-refractivity contribution is -0.112. The molecular formula is C14H16N2OS2. The SMILES string of the molecule is CSC(SC)=C(C#N)C(=O)Nc1ccc(C)cc1C. The van der Waals surface area contributed by atoms with Crippen LogP contribution in [0.3, 0.4) is 0 Å². The third-order valence-electron chi connectivity index (χ3n) is 2.54. The quantitative estimate of drug-likeness (QED) is 0.679. The van der Waals surface area contributed by atoms with E-state index in [4.69, 9.17) is 5.26 Å². The second-order valence-corrected chi connectivity index (χ2v) is 5.85. The molecule has 1 amide bonds. The summed E-state index contributed by atoms with van der Waals surface area (Å²) in [6, 6.07) is 7.77. The van der Waals surface area contributed by atoms with Crippen molar-refractivity contribution in [2.24, 2.45) is 0 Å². The monoisotopic (exact) mass is 292 g/mol. The minimum absolute atomic E-state index is 0.167. The van der Waals surface area contributed by atoms with Gasteiger partial charge in [0.2, 0.25) is 0 Å². The van der Waals surface area contributed by atoms with Gasteiger partial charge in [0.25, 0.3) is 5.91 Å². The Morgan fingerprint density at radius 3 is 2.37 bits per heavy atom. The van der Waals surface area contributed by atoms with Crippen LogP contribution in [0, 0.1) is 25.2 Å². The number of benzene rings is 1. The summed E-state index contributed by atoms with van der Waals surface area (Å²) in [5.74, 6) is -0.354. The van der Waals surface area contributed by atoms with Gasteiger partial charge in [-0.15, -0.1) is 23.5 Å². The summed E-state index contributed by atoms with van der Waals surface area (Å²) in [6.07, 6.45) is 3.71. The fourth-order valence-electron chi connectivity index (χ4n) is 1.62. The minimum Gasteiger partial charge on any atom is -0.321 e. The molecule has 0 spiro atoms. The molecule has 5 heteroatoms. The van der Waals surface area contributed by atoms with Crippen molar-refractivity contribution in [2.75, 3.05) is 17.8 Å². The molecule has 0 saturated heterocycles. The Kier molecular flexibility index (Phi) is 6.00. The molecular weight excluding hydrogens is 276 g/mol. The van der Waals surface area contributed by atoms with Crippen LogP contribution in [0.5, 0.6) is 0 Å². The minimum atomic E-state index is -0.354. The van der Waals surface area contributed by atoms with Gasteiger partial charge < -0.3 is 5.32 Å². The van der Waals surface area contributed by atoms with Crippen LogP contribution in [-0.4, -0.2) is 18.4 Å². The Morgan fingerprint density at radius 2 is 1.89 bits per heavy atom. The van der Waals surface area contributed by atoms with Crippen molar-refractivity contribution >= 4 is 35.1 Å². The lowest BCUT2D eigenvalue weighted by Crippen LogP contribution is -2.15. The summed E-state index contributed by atoms with van der Waals surface area (Å²) in [6.45, 7) is 3.93. The molecule has 0 heterocycles. The van der Waals surface area contributed by atoms with E-state index in [9.17, 15) is 4.79 Å². The van der Waals surface area contributed by atoms with E-state index in [-0.39, 0.29) is 11.5 Å². The molecule has 3 nitrogen and oxygen atoms in total. The zero-order valence-electron chi connectivity index (χ0n) is 11.4. The maximum atomic E-state index is 12.1. The van der Waals surface area contributed by atoms with E-state index in [2.05, 4.69) is 5.32 Å². The van der Waals surface area contributed by atoms with Crippen LogP contribution in [-0.2, 0) is 4.79 Å². The average molecular weight is 292 g/mol. The van der Waals surface area contributed by atoms with Gasteiger partial charge in [0.05, 0.1) is 4.24 Å². The highest BCUT2D eigenvalue weighted by Gasteiger charge is 2.15. The van der Waals surface area contributed by atoms with E-state index in [0.717, 1.165) is 21.1 Å². The molecule has 0 saturated carbocycles. The van der Waals surface area contributed by atoms with Crippen molar-refractivity contribution in [3.63, 3.8) is 0 Å². The molecule has 0 aliphatic rings. The second kappa shape index (κ2) is 7.27. The predicted octanol–water partition coefficient (Wildman–Crippen LogP) is 3.70. The van der Waals surface area contributed by atoms with Crippen LogP contribution in [0.1, 0.15) is 11.1 Å². The molecule has 0 aliphatic heterocycles. The average Bonchev–Trinajstić information content (AvgIpc) is 2.38. The summed E-state index contributed by atoms with van der Waals surface area (Å²) in [7, 11) is 0. The summed E-state index contributed by atoms with van der Waals surface area (Å²) < 4.78 is 0.727. The molecule has 1 N–H and O–H groups in total. The van der Waals surface area contributed by atoms with Crippen molar-refractivity contribution in [1.82, 2.24) is 0 Å². The highest BCUT2D eigenvalue weighted by atomic mass is 32.2. The molecule has 0 fully saturated rings. The molecule has 1 aromatic rings. The van der Waals surface area contributed by atoms with E-state index in [0.29, 0.717) is 0 Å². The molecule has 0 radical (unpaired) electrons. The number of aryl methyl sites for hydroxylation is 2. The van der Waals surface area contributed by atoms with E-state index in [1.165, 1.54) is 23.5 Å². The van der Waals surface area contributed by atoms with E-state index in [1.807, 2.05) is 50.6 Å². The molecule has 1 rings (SSSR count). The van der Waals surface area contributed by atoms with Gasteiger partial charge in [-0.3, -0.25) is 4.79 Å². The third kappa shape index (κ3) is 4.05. The lowest BCUT2D eigenvalue weighted by Gasteiger charge is -2.10. The van der Waals surface area contributed by atoms with Gasteiger partial charge in [-0.1, -0.05) is 17.7 Å². The smallest absolute Gasteiger partial charge is 0.268 e. The van der Waals surface area contributed by atoms with Crippen LogP contribution in [0.4, 0.5) is 5.69 Å². The first kappa shape index (κ1) is 15.7. The van der Waals surface area contributed by atoms with Crippen LogP contribution in [0.2, 0.25) is 0 Å². The topological polar surface area (TPSA) is 52.9 Å². The lowest BCUT2D eigenvalue weighted by atomic mass is 10.1. The van der Waals surface area contributed by atoms with Gasteiger partial charge in [0.15, 0.2) is 0 Å². The maximum Gasteiger partial charge on any atom is 0.268 e. The number of nitrogens with one attached hydrogen (secondary N) is 1.